The molecule has 1 aromatic carbocycles. The van der Waals surface area contributed by atoms with Gasteiger partial charge in [-0.25, -0.2) is 4.68 Å². The number of fused-ring (bicyclic) bond motifs is 5. The molecule has 24 heavy (non-hydrogen) atoms. The summed E-state index contributed by atoms with van der Waals surface area (Å²) in [5, 5.41) is 18.9. The summed E-state index contributed by atoms with van der Waals surface area (Å²) in [6.07, 6.45) is 6.64. The number of thioether (sulfide) groups is 1. The SMILES string of the molecule is CCCCC1Nc2c(C#N)c(SC)nn2C2c3ccccc3CC12. The molecule has 0 saturated heterocycles. The molecule has 3 atom stereocenters. The molecule has 1 aliphatic carbocycles. The number of hydrogen-bond donors (Lipinski definition) is 1. The van der Waals surface area contributed by atoms with Gasteiger partial charge in [-0.3, -0.25) is 0 Å². The van der Waals surface area contributed by atoms with Crippen LogP contribution < -0.4 is 5.32 Å². The number of anilines is 1. The molecule has 2 aromatic rings. The van der Waals surface area contributed by atoms with E-state index in [1.165, 1.54) is 24.0 Å². The van der Waals surface area contributed by atoms with Crippen molar-refractivity contribution in [2.75, 3.05) is 11.6 Å². The Bertz CT molecular complexity index is 804. The molecule has 4 rings (SSSR count). The molecule has 0 saturated carbocycles. The van der Waals surface area contributed by atoms with Crippen molar-refractivity contribution in [1.29, 1.82) is 5.26 Å². The second-order valence-corrected chi connectivity index (χ2v) is 7.49. The van der Waals surface area contributed by atoms with Crippen LogP contribution in [0.5, 0.6) is 0 Å². The lowest BCUT2D eigenvalue weighted by atomic mass is 9.87. The van der Waals surface area contributed by atoms with Gasteiger partial charge in [0.25, 0.3) is 0 Å². The van der Waals surface area contributed by atoms with Crippen molar-refractivity contribution in [2.45, 2.75) is 49.7 Å². The molecule has 5 heteroatoms. The van der Waals surface area contributed by atoms with Crippen LogP contribution in [0.1, 0.15) is 48.9 Å². The van der Waals surface area contributed by atoms with Crippen LogP contribution in [-0.2, 0) is 6.42 Å². The fourth-order valence-corrected chi connectivity index (χ4v) is 4.79. The first kappa shape index (κ1) is 15.6. The summed E-state index contributed by atoms with van der Waals surface area (Å²) < 4.78 is 2.09. The van der Waals surface area contributed by atoms with Crippen LogP contribution in [0.15, 0.2) is 29.3 Å². The topological polar surface area (TPSA) is 53.6 Å². The van der Waals surface area contributed by atoms with Gasteiger partial charge in [-0.05, 0) is 30.2 Å². The van der Waals surface area contributed by atoms with Crippen LogP contribution in [0.3, 0.4) is 0 Å². The third kappa shape index (κ3) is 2.24. The fraction of sp³-hybridized carbons (Fsp3) is 0.474. The highest BCUT2D eigenvalue weighted by Gasteiger charge is 2.44. The van der Waals surface area contributed by atoms with E-state index >= 15 is 0 Å². The second kappa shape index (κ2) is 6.18. The lowest BCUT2D eigenvalue weighted by Gasteiger charge is -2.36. The number of benzene rings is 1. The summed E-state index contributed by atoms with van der Waals surface area (Å²) in [6.45, 7) is 2.24. The minimum absolute atomic E-state index is 0.257. The summed E-state index contributed by atoms with van der Waals surface area (Å²) in [5.41, 5.74) is 3.52. The number of rotatable bonds is 4. The number of nitriles is 1. The molecular formula is C19H22N4S. The van der Waals surface area contributed by atoms with Crippen LogP contribution >= 0.6 is 11.8 Å². The van der Waals surface area contributed by atoms with Gasteiger partial charge in [-0.1, -0.05) is 44.0 Å². The molecule has 1 N–H and O–H groups in total. The Morgan fingerprint density at radius 1 is 1.42 bits per heavy atom. The van der Waals surface area contributed by atoms with Crippen LogP contribution in [-0.4, -0.2) is 22.1 Å². The molecule has 0 spiro atoms. The first-order valence-corrected chi connectivity index (χ1v) is 9.91. The fourth-order valence-electron chi connectivity index (χ4n) is 4.27. The van der Waals surface area contributed by atoms with E-state index in [0.29, 0.717) is 17.5 Å². The van der Waals surface area contributed by atoms with Crippen molar-refractivity contribution >= 4 is 17.6 Å². The average molecular weight is 338 g/mol. The van der Waals surface area contributed by atoms with E-state index in [9.17, 15) is 5.26 Å². The normalized spacial score (nSPS) is 23.8. The lowest BCUT2D eigenvalue weighted by Crippen LogP contribution is -2.40. The molecule has 0 amide bonds. The maximum Gasteiger partial charge on any atom is 0.144 e. The summed E-state index contributed by atoms with van der Waals surface area (Å²) in [6, 6.07) is 11.8. The molecular weight excluding hydrogens is 316 g/mol. The number of unbranched alkanes of at least 4 members (excludes halogenated alkanes) is 1. The van der Waals surface area contributed by atoms with Crippen LogP contribution in [0.25, 0.3) is 0 Å². The van der Waals surface area contributed by atoms with Gasteiger partial charge in [-0.15, -0.1) is 11.8 Å². The maximum absolute atomic E-state index is 9.64. The van der Waals surface area contributed by atoms with E-state index < -0.39 is 0 Å². The van der Waals surface area contributed by atoms with Gasteiger partial charge < -0.3 is 5.32 Å². The average Bonchev–Trinajstić information content (AvgIpc) is 3.17. The number of hydrogen-bond acceptors (Lipinski definition) is 4. The van der Waals surface area contributed by atoms with E-state index in [1.54, 1.807) is 11.8 Å². The minimum atomic E-state index is 0.257. The molecule has 4 nitrogen and oxygen atoms in total. The van der Waals surface area contributed by atoms with Gasteiger partial charge in [0.2, 0.25) is 0 Å². The standard InChI is InChI=1S/C19H22N4S/c1-3-4-9-16-14-10-12-7-5-6-8-13(12)17(14)23-18(21-16)15(11-20)19(22-23)24-2/h5-8,14,16-17,21H,3-4,9-10H2,1-2H3. The Kier molecular flexibility index (Phi) is 4.01. The van der Waals surface area contributed by atoms with E-state index in [-0.39, 0.29) is 6.04 Å². The summed E-state index contributed by atoms with van der Waals surface area (Å²) in [7, 11) is 0. The highest BCUT2D eigenvalue weighted by molar-refractivity contribution is 7.98. The van der Waals surface area contributed by atoms with Crippen molar-refractivity contribution in [3.63, 3.8) is 0 Å². The van der Waals surface area contributed by atoms with Crippen molar-refractivity contribution in [2.24, 2.45) is 5.92 Å². The van der Waals surface area contributed by atoms with Gasteiger partial charge in [0.15, 0.2) is 0 Å². The summed E-state index contributed by atoms with van der Waals surface area (Å²) >= 11 is 1.55. The van der Waals surface area contributed by atoms with E-state index in [2.05, 4.69) is 47.3 Å². The van der Waals surface area contributed by atoms with E-state index in [0.717, 1.165) is 23.7 Å². The summed E-state index contributed by atoms with van der Waals surface area (Å²) in [5.74, 6) is 1.43. The number of aromatic nitrogens is 2. The highest BCUT2D eigenvalue weighted by atomic mass is 32.2. The Balaban J connectivity index is 1.85. The highest BCUT2D eigenvalue weighted by Crippen LogP contribution is 2.48. The molecule has 1 aliphatic heterocycles. The van der Waals surface area contributed by atoms with Crippen LogP contribution in [0.2, 0.25) is 0 Å². The van der Waals surface area contributed by atoms with Crippen LogP contribution in [0.4, 0.5) is 5.82 Å². The van der Waals surface area contributed by atoms with Gasteiger partial charge >= 0.3 is 0 Å². The largest absolute Gasteiger partial charge is 0.366 e. The van der Waals surface area contributed by atoms with E-state index in [1.807, 2.05) is 6.26 Å². The molecule has 124 valence electrons. The maximum atomic E-state index is 9.64. The van der Waals surface area contributed by atoms with E-state index in [4.69, 9.17) is 5.10 Å². The molecule has 2 aliphatic rings. The number of nitrogens with zero attached hydrogens (tertiary/aromatic N) is 3. The molecule has 0 fully saturated rings. The predicted molar refractivity (Wildman–Crippen MR) is 97.4 cm³/mol. The molecule has 0 bridgehead atoms. The first-order chi connectivity index (χ1) is 11.8. The summed E-state index contributed by atoms with van der Waals surface area (Å²) in [4.78, 5) is 0. The minimum Gasteiger partial charge on any atom is -0.366 e. The molecule has 3 unspecified atom stereocenters. The zero-order valence-corrected chi connectivity index (χ0v) is 14.9. The Hall–Kier alpha value is -1.93. The third-order valence-corrected chi connectivity index (χ3v) is 6.06. The van der Waals surface area contributed by atoms with Crippen molar-refractivity contribution in [1.82, 2.24) is 9.78 Å². The third-order valence-electron chi connectivity index (χ3n) is 5.39. The Morgan fingerprint density at radius 2 is 2.25 bits per heavy atom. The van der Waals surface area contributed by atoms with Crippen LogP contribution in [0, 0.1) is 17.2 Å². The lowest BCUT2D eigenvalue weighted by molar-refractivity contribution is 0.298. The zero-order chi connectivity index (χ0) is 16.7. The Labute approximate surface area is 147 Å². The van der Waals surface area contributed by atoms with Crippen molar-refractivity contribution in [3.05, 3.63) is 41.0 Å². The predicted octanol–water partition coefficient (Wildman–Crippen LogP) is 4.22. The molecule has 2 heterocycles. The van der Waals surface area contributed by atoms with Crippen molar-refractivity contribution in [3.8, 4) is 6.07 Å². The quantitative estimate of drug-likeness (QED) is 0.848. The van der Waals surface area contributed by atoms with Gasteiger partial charge in [0.05, 0.1) is 6.04 Å². The van der Waals surface area contributed by atoms with Gasteiger partial charge in [0.1, 0.15) is 22.5 Å². The number of nitrogens with one attached hydrogen (secondary N) is 1. The first-order valence-electron chi connectivity index (χ1n) is 8.69. The van der Waals surface area contributed by atoms with Gasteiger partial charge in [0, 0.05) is 12.0 Å². The van der Waals surface area contributed by atoms with Crippen molar-refractivity contribution < 1.29 is 0 Å². The smallest absolute Gasteiger partial charge is 0.144 e. The molecule has 0 radical (unpaired) electrons. The monoisotopic (exact) mass is 338 g/mol. The Morgan fingerprint density at radius 3 is 3.00 bits per heavy atom. The second-order valence-electron chi connectivity index (χ2n) is 6.69. The zero-order valence-electron chi connectivity index (χ0n) is 14.1. The van der Waals surface area contributed by atoms with Gasteiger partial charge in [-0.2, -0.15) is 10.4 Å². The molecule has 1 aromatic heterocycles.